The van der Waals surface area contributed by atoms with E-state index in [1.165, 1.54) is 4.88 Å². The van der Waals surface area contributed by atoms with Crippen molar-refractivity contribution in [2.45, 2.75) is 19.4 Å². The number of anilines is 1. The van der Waals surface area contributed by atoms with Crippen molar-refractivity contribution in [2.24, 2.45) is 0 Å². The third-order valence-electron chi connectivity index (χ3n) is 3.31. The quantitative estimate of drug-likeness (QED) is 0.752. The fourth-order valence-electron chi connectivity index (χ4n) is 2.11. The lowest BCUT2D eigenvalue weighted by molar-refractivity contribution is 0.681. The third-order valence-corrected chi connectivity index (χ3v) is 4.38. The molecule has 3 aromatic heterocycles. The number of aromatic amines is 1. The number of halogens is 1. The van der Waals surface area contributed by atoms with Crippen LogP contribution in [0.1, 0.15) is 11.8 Å². The van der Waals surface area contributed by atoms with Crippen LogP contribution in [0.25, 0.3) is 11.2 Å². The van der Waals surface area contributed by atoms with Gasteiger partial charge in [-0.25, -0.2) is 4.98 Å². The van der Waals surface area contributed by atoms with Gasteiger partial charge >= 0.3 is 0 Å². The van der Waals surface area contributed by atoms with Gasteiger partial charge in [0.2, 0.25) is 5.28 Å². The molecule has 0 spiro atoms. The molecule has 3 aromatic rings. The maximum Gasteiger partial charge on any atom is 0.226 e. The van der Waals surface area contributed by atoms with E-state index in [1.807, 2.05) is 7.05 Å². The molecule has 104 valence electrons. The summed E-state index contributed by atoms with van der Waals surface area (Å²) in [4.78, 5) is 19.1. The number of hydrogen-bond donors (Lipinski definition) is 1. The molecule has 0 aliphatic heterocycles. The second-order valence-electron chi connectivity index (χ2n) is 4.66. The summed E-state index contributed by atoms with van der Waals surface area (Å²) in [6.07, 6.45) is 2.57. The van der Waals surface area contributed by atoms with Crippen LogP contribution in [-0.4, -0.2) is 33.0 Å². The van der Waals surface area contributed by atoms with Gasteiger partial charge in [0.15, 0.2) is 11.5 Å². The van der Waals surface area contributed by atoms with Crippen LogP contribution in [0.3, 0.4) is 0 Å². The van der Waals surface area contributed by atoms with E-state index in [1.54, 1.807) is 17.7 Å². The minimum absolute atomic E-state index is 0.217. The Morgan fingerprint density at radius 2 is 2.30 bits per heavy atom. The van der Waals surface area contributed by atoms with Crippen molar-refractivity contribution in [3.63, 3.8) is 0 Å². The summed E-state index contributed by atoms with van der Waals surface area (Å²) in [6, 6.07) is 4.51. The number of fused-ring (bicyclic) bond motifs is 1. The molecule has 0 radical (unpaired) electrons. The fraction of sp³-hybridized carbons (Fsp3) is 0.308. The Bertz CT molecular complexity index is 709. The summed E-state index contributed by atoms with van der Waals surface area (Å²) in [5.41, 5.74) is 1.41. The molecule has 0 fully saturated rings. The van der Waals surface area contributed by atoms with Gasteiger partial charge < -0.3 is 9.88 Å². The van der Waals surface area contributed by atoms with Gasteiger partial charge in [0.05, 0.1) is 6.33 Å². The number of nitrogens with zero attached hydrogens (tertiary/aromatic N) is 4. The van der Waals surface area contributed by atoms with Crippen molar-refractivity contribution < 1.29 is 0 Å². The predicted molar refractivity (Wildman–Crippen MR) is 82.6 cm³/mol. The first-order valence-corrected chi connectivity index (χ1v) is 7.52. The number of nitrogens with one attached hydrogen (secondary N) is 1. The molecule has 1 atom stereocenters. The van der Waals surface area contributed by atoms with Crippen LogP contribution in [0, 0.1) is 0 Å². The first kappa shape index (κ1) is 13.3. The zero-order valence-corrected chi connectivity index (χ0v) is 12.7. The number of H-pyrrole nitrogens is 1. The highest BCUT2D eigenvalue weighted by molar-refractivity contribution is 7.09. The normalized spacial score (nSPS) is 12.8. The zero-order valence-electron chi connectivity index (χ0n) is 11.2. The van der Waals surface area contributed by atoms with E-state index >= 15 is 0 Å². The summed E-state index contributed by atoms with van der Waals surface area (Å²) < 4.78 is 0. The van der Waals surface area contributed by atoms with Crippen molar-refractivity contribution in [2.75, 3.05) is 11.9 Å². The average Bonchev–Trinajstić information content (AvgIpc) is 3.07. The molecule has 0 aliphatic carbocycles. The Morgan fingerprint density at radius 3 is 3.05 bits per heavy atom. The topological polar surface area (TPSA) is 57.7 Å². The Labute approximate surface area is 125 Å². The maximum atomic E-state index is 5.97. The molecule has 5 nitrogen and oxygen atoms in total. The highest BCUT2D eigenvalue weighted by Gasteiger charge is 2.18. The van der Waals surface area contributed by atoms with E-state index < -0.39 is 0 Å². The highest BCUT2D eigenvalue weighted by atomic mass is 35.5. The summed E-state index contributed by atoms with van der Waals surface area (Å²) in [5, 5.41) is 2.31. The van der Waals surface area contributed by atoms with Crippen molar-refractivity contribution >= 4 is 39.9 Å². The second-order valence-corrected chi connectivity index (χ2v) is 6.03. The Kier molecular flexibility index (Phi) is 3.58. The van der Waals surface area contributed by atoms with Gasteiger partial charge in [0, 0.05) is 24.4 Å². The van der Waals surface area contributed by atoms with E-state index in [0.29, 0.717) is 11.7 Å². The van der Waals surface area contributed by atoms with E-state index in [9.17, 15) is 0 Å². The largest absolute Gasteiger partial charge is 0.355 e. The van der Waals surface area contributed by atoms with Gasteiger partial charge in [-0.15, -0.1) is 11.3 Å². The second kappa shape index (κ2) is 5.38. The lowest BCUT2D eigenvalue weighted by Gasteiger charge is -2.25. The van der Waals surface area contributed by atoms with Gasteiger partial charge in [0.25, 0.3) is 0 Å². The van der Waals surface area contributed by atoms with Crippen molar-refractivity contribution in [3.05, 3.63) is 34.0 Å². The Balaban J connectivity index is 1.91. The Hall–Kier alpha value is -1.66. The van der Waals surface area contributed by atoms with Crippen molar-refractivity contribution in [3.8, 4) is 0 Å². The minimum Gasteiger partial charge on any atom is -0.355 e. The van der Waals surface area contributed by atoms with Gasteiger partial charge in [0.1, 0.15) is 5.52 Å². The molecule has 0 saturated carbocycles. The lowest BCUT2D eigenvalue weighted by atomic mass is 10.2. The van der Waals surface area contributed by atoms with Gasteiger partial charge in [-0.05, 0) is 30.0 Å². The number of thiophene rings is 1. The Morgan fingerprint density at radius 1 is 1.45 bits per heavy atom. The van der Waals surface area contributed by atoms with Crippen LogP contribution < -0.4 is 4.90 Å². The van der Waals surface area contributed by atoms with E-state index in [2.05, 4.69) is 49.3 Å². The van der Waals surface area contributed by atoms with Crippen LogP contribution in [0.2, 0.25) is 5.28 Å². The molecule has 0 bridgehead atoms. The van der Waals surface area contributed by atoms with Crippen LogP contribution in [-0.2, 0) is 6.42 Å². The van der Waals surface area contributed by atoms with E-state index in [4.69, 9.17) is 11.6 Å². The fourth-order valence-corrected chi connectivity index (χ4v) is 3.10. The third kappa shape index (κ3) is 2.48. The number of aromatic nitrogens is 4. The molecule has 0 aliphatic rings. The van der Waals surface area contributed by atoms with Crippen LogP contribution in [0.15, 0.2) is 23.8 Å². The molecule has 7 heteroatoms. The van der Waals surface area contributed by atoms with Crippen LogP contribution in [0.4, 0.5) is 5.82 Å². The molecule has 1 N–H and O–H groups in total. The smallest absolute Gasteiger partial charge is 0.226 e. The molecule has 0 saturated heterocycles. The van der Waals surface area contributed by atoms with Gasteiger partial charge in [-0.1, -0.05) is 6.07 Å². The first-order valence-electron chi connectivity index (χ1n) is 6.27. The molecule has 3 heterocycles. The zero-order chi connectivity index (χ0) is 14.1. The number of imidazole rings is 1. The molecule has 1 unspecified atom stereocenters. The maximum absolute atomic E-state index is 5.97. The van der Waals surface area contributed by atoms with Crippen LogP contribution >= 0.6 is 22.9 Å². The summed E-state index contributed by atoms with van der Waals surface area (Å²) in [7, 11) is 2.01. The summed E-state index contributed by atoms with van der Waals surface area (Å²) in [6.45, 7) is 2.16. The number of likely N-dealkylation sites (N-methyl/N-ethyl adjacent to an activating group) is 1. The first-order chi connectivity index (χ1) is 9.65. The molecule has 20 heavy (non-hydrogen) atoms. The van der Waals surface area contributed by atoms with Crippen molar-refractivity contribution in [1.29, 1.82) is 0 Å². The molecule has 0 aromatic carbocycles. The highest BCUT2D eigenvalue weighted by Crippen LogP contribution is 2.24. The van der Waals surface area contributed by atoms with E-state index in [0.717, 1.165) is 17.8 Å². The van der Waals surface area contributed by atoms with Crippen molar-refractivity contribution in [1.82, 2.24) is 19.9 Å². The SMILES string of the molecule is CC(Cc1cccs1)N(C)c1nc(Cl)nc2nc[nH]c12. The van der Waals surface area contributed by atoms with Gasteiger partial charge in [-0.2, -0.15) is 9.97 Å². The van der Waals surface area contributed by atoms with Crippen LogP contribution in [0.5, 0.6) is 0 Å². The molecular weight excluding hydrogens is 294 g/mol. The number of rotatable bonds is 4. The predicted octanol–water partition coefficient (Wildman–Crippen LogP) is 3.14. The molecule has 0 amide bonds. The lowest BCUT2D eigenvalue weighted by Crippen LogP contribution is -2.31. The van der Waals surface area contributed by atoms with E-state index in [-0.39, 0.29) is 5.28 Å². The van der Waals surface area contributed by atoms with Gasteiger partial charge in [-0.3, -0.25) is 0 Å². The molecular formula is C13H14ClN5S. The number of hydrogen-bond acceptors (Lipinski definition) is 5. The average molecular weight is 308 g/mol. The summed E-state index contributed by atoms with van der Waals surface area (Å²) >= 11 is 7.74. The summed E-state index contributed by atoms with van der Waals surface area (Å²) in [5.74, 6) is 0.779. The molecule has 3 rings (SSSR count). The monoisotopic (exact) mass is 307 g/mol. The minimum atomic E-state index is 0.217. The standard InChI is InChI=1S/C13H14ClN5S/c1-8(6-9-4-3-5-20-9)19(2)12-10-11(16-7-15-10)17-13(14)18-12/h3-5,7-8H,6H2,1-2H3,(H,15,16,17,18).